The van der Waals surface area contributed by atoms with Crippen LogP contribution in [0, 0.1) is 5.82 Å². The van der Waals surface area contributed by atoms with E-state index in [0.29, 0.717) is 17.9 Å². The smallest absolute Gasteiger partial charge is 0.338 e. The molecule has 114 valence electrons. The molecule has 2 rings (SSSR count). The Kier molecular flexibility index (Phi) is 5.25. The first kappa shape index (κ1) is 15.7. The number of nitrogens with one attached hydrogen (secondary N) is 1. The normalized spacial score (nSPS) is 10.1. The van der Waals surface area contributed by atoms with E-state index in [0.717, 1.165) is 5.56 Å². The van der Waals surface area contributed by atoms with Gasteiger partial charge < -0.3 is 10.1 Å². The number of anilines is 1. The maximum atomic E-state index is 12.8. The summed E-state index contributed by atoms with van der Waals surface area (Å²) in [5.41, 5.74) is 1.74. The molecule has 0 aliphatic heterocycles. The van der Waals surface area contributed by atoms with Gasteiger partial charge in [-0.15, -0.1) is 0 Å². The van der Waals surface area contributed by atoms with E-state index < -0.39 is 5.97 Å². The lowest BCUT2D eigenvalue weighted by Crippen LogP contribution is -2.14. The fraction of sp³-hybridized carbons (Fsp3) is 0.176. The first-order valence-corrected chi connectivity index (χ1v) is 6.90. The monoisotopic (exact) mass is 301 g/mol. The van der Waals surface area contributed by atoms with Gasteiger partial charge in [-0.3, -0.25) is 4.79 Å². The predicted molar refractivity (Wildman–Crippen MR) is 81.1 cm³/mol. The van der Waals surface area contributed by atoms with Crippen molar-refractivity contribution in [2.45, 2.75) is 13.3 Å². The third kappa shape index (κ3) is 4.41. The minimum absolute atomic E-state index is 0.153. The molecule has 0 heterocycles. The minimum Gasteiger partial charge on any atom is -0.462 e. The third-order valence-corrected chi connectivity index (χ3v) is 2.96. The number of carbonyl (C=O) groups is 2. The van der Waals surface area contributed by atoms with E-state index in [1.807, 2.05) is 0 Å². The van der Waals surface area contributed by atoms with Gasteiger partial charge in [0.25, 0.3) is 0 Å². The summed E-state index contributed by atoms with van der Waals surface area (Å²) in [6.07, 6.45) is 0.153. The van der Waals surface area contributed by atoms with Gasteiger partial charge in [0.15, 0.2) is 0 Å². The summed E-state index contributed by atoms with van der Waals surface area (Å²) in [5.74, 6) is -0.944. The number of benzene rings is 2. The number of carbonyl (C=O) groups excluding carboxylic acids is 2. The maximum Gasteiger partial charge on any atom is 0.338 e. The number of rotatable bonds is 5. The standard InChI is InChI=1S/C17H16FNO3/c1-2-22-17(21)13-5-9-15(10-6-13)19-16(20)11-12-3-7-14(18)8-4-12/h3-10H,2,11H2,1H3,(H,19,20). The molecule has 0 atom stereocenters. The number of hydrogen-bond donors (Lipinski definition) is 1. The van der Waals surface area contributed by atoms with E-state index in [4.69, 9.17) is 4.74 Å². The molecule has 0 aliphatic carbocycles. The zero-order valence-electron chi connectivity index (χ0n) is 12.1. The predicted octanol–water partition coefficient (Wildman–Crippen LogP) is 3.18. The zero-order valence-corrected chi connectivity index (χ0v) is 12.1. The van der Waals surface area contributed by atoms with Crippen molar-refractivity contribution in [3.8, 4) is 0 Å². The van der Waals surface area contributed by atoms with Gasteiger partial charge in [-0.05, 0) is 48.9 Å². The fourth-order valence-corrected chi connectivity index (χ4v) is 1.90. The van der Waals surface area contributed by atoms with E-state index in [2.05, 4.69) is 5.32 Å². The largest absolute Gasteiger partial charge is 0.462 e. The summed E-state index contributed by atoms with van der Waals surface area (Å²) in [5, 5.41) is 2.72. The summed E-state index contributed by atoms with van der Waals surface area (Å²) < 4.78 is 17.7. The van der Waals surface area contributed by atoms with E-state index in [1.54, 1.807) is 43.3 Å². The van der Waals surface area contributed by atoms with E-state index in [-0.39, 0.29) is 18.1 Å². The molecule has 0 saturated heterocycles. The molecule has 0 aromatic heterocycles. The first-order valence-electron chi connectivity index (χ1n) is 6.90. The summed E-state index contributed by atoms with van der Waals surface area (Å²) in [6, 6.07) is 12.2. The highest BCUT2D eigenvalue weighted by Gasteiger charge is 2.08. The lowest BCUT2D eigenvalue weighted by molar-refractivity contribution is -0.115. The van der Waals surface area contributed by atoms with Crippen LogP contribution in [0.25, 0.3) is 0 Å². The second kappa shape index (κ2) is 7.36. The molecule has 0 radical (unpaired) electrons. The Morgan fingerprint density at radius 3 is 2.27 bits per heavy atom. The van der Waals surface area contributed by atoms with E-state index >= 15 is 0 Å². The summed E-state index contributed by atoms with van der Waals surface area (Å²) in [6.45, 7) is 2.05. The average molecular weight is 301 g/mol. The van der Waals surface area contributed by atoms with Crippen molar-refractivity contribution in [2.24, 2.45) is 0 Å². The highest BCUT2D eigenvalue weighted by Crippen LogP contribution is 2.12. The molecule has 0 fully saturated rings. The number of amides is 1. The molecule has 0 saturated carbocycles. The Labute approximate surface area is 127 Å². The van der Waals surface area contributed by atoms with Gasteiger partial charge in [-0.2, -0.15) is 0 Å². The molecule has 22 heavy (non-hydrogen) atoms. The lowest BCUT2D eigenvalue weighted by atomic mass is 10.1. The second-order valence-corrected chi connectivity index (χ2v) is 4.65. The summed E-state index contributed by atoms with van der Waals surface area (Å²) in [4.78, 5) is 23.4. The van der Waals surface area contributed by atoms with Crippen LogP contribution in [-0.2, 0) is 16.0 Å². The van der Waals surface area contributed by atoms with Crippen molar-refractivity contribution >= 4 is 17.6 Å². The second-order valence-electron chi connectivity index (χ2n) is 4.65. The SMILES string of the molecule is CCOC(=O)c1ccc(NC(=O)Cc2ccc(F)cc2)cc1. The molecule has 0 unspecified atom stereocenters. The molecule has 2 aromatic carbocycles. The lowest BCUT2D eigenvalue weighted by Gasteiger charge is -2.07. The van der Waals surface area contributed by atoms with Crippen molar-refractivity contribution in [2.75, 3.05) is 11.9 Å². The highest BCUT2D eigenvalue weighted by molar-refractivity contribution is 5.94. The topological polar surface area (TPSA) is 55.4 Å². The number of hydrogen-bond acceptors (Lipinski definition) is 3. The molecule has 1 N–H and O–H groups in total. The Hall–Kier alpha value is -2.69. The minimum atomic E-state index is -0.397. The maximum absolute atomic E-state index is 12.8. The van der Waals surface area contributed by atoms with Crippen LogP contribution in [-0.4, -0.2) is 18.5 Å². The van der Waals surface area contributed by atoms with Crippen molar-refractivity contribution in [3.05, 3.63) is 65.5 Å². The number of ether oxygens (including phenoxy) is 1. The first-order chi connectivity index (χ1) is 10.6. The van der Waals surface area contributed by atoms with Crippen LogP contribution in [0.5, 0.6) is 0 Å². The molecule has 4 nitrogen and oxygen atoms in total. The van der Waals surface area contributed by atoms with Crippen molar-refractivity contribution in [1.82, 2.24) is 0 Å². The summed E-state index contributed by atoms with van der Waals surface area (Å²) in [7, 11) is 0. The van der Waals surface area contributed by atoms with Crippen molar-refractivity contribution < 1.29 is 18.7 Å². The van der Waals surface area contributed by atoms with Crippen LogP contribution in [0.3, 0.4) is 0 Å². The molecule has 0 aliphatic rings. The zero-order chi connectivity index (χ0) is 15.9. The molecule has 1 amide bonds. The molecule has 0 spiro atoms. The van der Waals surface area contributed by atoms with Gasteiger partial charge in [0, 0.05) is 5.69 Å². The van der Waals surface area contributed by atoms with Crippen LogP contribution in [0.4, 0.5) is 10.1 Å². The van der Waals surface area contributed by atoms with Crippen molar-refractivity contribution in [3.63, 3.8) is 0 Å². The Balaban J connectivity index is 1.94. The summed E-state index contributed by atoms with van der Waals surface area (Å²) >= 11 is 0. The quantitative estimate of drug-likeness (QED) is 0.863. The van der Waals surface area contributed by atoms with Gasteiger partial charge >= 0.3 is 5.97 Å². The van der Waals surface area contributed by atoms with Crippen LogP contribution < -0.4 is 5.32 Å². The third-order valence-electron chi connectivity index (χ3n) is 2.96. The number of esters is 1. The Morgan fingerprint density at radius 1 is 1.05 bits per heavy atom. The molecular weight excluding hydrogens is 285 g/mol. The molecular formula is C17H16FNO3. The number of halogens is 1. The Morgan fingerprint density at radius 2 is 1.68 bits per heavy atom. The van der Waals surface area contributed by atoms with Gasteiger partial charge in [-0.25, -0.2) is 9.18 Å². The van der Waals surface area contributed by atoms with Crippen LogP contribution in [0.2, 0.25) is 0 Å². The van der Waals surface area contributed by atoms with Gasteiger partial charge in [0.2, 0.25) is 5.91 Å². The molecule has 2 aromatic rings. The van der Waals surface area contributed by atoms with Crippen molar-refractivity contribution in [1.29, 1.82) is 0 Å². The molecule has 5 heteroatoms. The van der Waals surface area contributed by atoms with Crippen LogP contribution in [0.15, 0.2) is 48.5 Å². The van der Waals surface area contributed by atoms with Gasteiger partial charge in [0.1, 0.15) is 5.82 Å². The highest BCUT2D eigenvalue weighted by atomic mass is 19.1. The average Bonchev–Trinajstić information content (AvgIpc) is 2.50. The fourth-order valence-electron chi connectivity index (χ4n) is 1.90. The van der Waals surface area contributed by atoms with E-state index in [9.17, 15) is 14.0 Å². The van der Waals surface area contributed by atoms with Gasteiger partial charge in [-0.1, -0.05) is 12.1 Å². The Bertz CT molecular complexity index is 651. The van der Waals surface area contributed by atoms with Crippen LogP contribution >= 0.6 is 0 Å². The van der Waals surface area contributed by atoms with E-state index in [1.165, 1.54) is 12.1 Å². The van der Waals surface area contributed by atoms with Crippen LogP contribution in [0.1, 0.15) is 22.8 Å². The van der Waals surface area contributed by atoms with Gasteiger partial charge in [0.05, 0.1) is 18.6 Å². The molecule has 0 bridgehead atoms.